The molecule has 0 radical (unpaired) electrons. The molecule has 0 spiro atoms. The molecule has 1 amide bonds. The average Bonchev–Trinajstić information content (AvgIpc) is 3.10. The second-order valence-corrected chi connectivity index (χ2v) is 6.02. The van der Waals surface area contributed by atoms with Gasteiger partial charge in [-0.2, -0.15) is 13.2 Å². The zero-order chi connectivity index (χ0) is 18.0. The summed E-state index contributed by atoms with van der Waals surface area (Å²) < 4.78 is 38.6. The standard InChI is InChI=1S/C16H14ClF3N4O/c17-12-4-3-10(9-11(12)16(18,19)20)21-15(25)13-5-6-14(23-22-13)24-7-1-2-8-24/h3-6,9H,1-2,7-8H2,(H,21,25). The number of carbonyl (C=O) groups is 1. The molecule has 1 saturated heterocycles. The molecule has 0 saturated carbocycles. The van der Waals surface area contributed by atoms with E-state index in [0.29, 0.717) is 5.82 Å². The van der Waals surface area contributed by atoms with Crippen LogP contribution in [0.5, 0.6) is 0 Å². The summed E-state index contributed by atoms with van der Waals surface area (Å²) in [5.41, 5.74) is -1.01. The van der Waals surface area contributed by atoms with E-state index in [1.165, 1.54) is 12.1 Å². The highest BCUT2D eigenvalue weighted by Gasteiger charge is 2.33. The van der Waals surface area contributed by atoms with Crippen molar-refractivity contribution in [2.75, 3.05) is 23.3 Å². The third-order valence-corrected chi connectivity index (χ3v) is 4.17. The fraction of sp³-hybridized carbons (Fsp3) is 0.312. The number of alkyl halides is 3. The van der Waals surface area contributed by atoms with Gasteiger partial charge in [0, 0.05) is 18.8 Å². The molecule has 1 aromatic heterocycles. The molecule has 0 unspecified atom stereocenters. The first-order valence-corrected chi connectivity index (χ1v) is 7.99. The minimum atomic E-state index is -4.60. The average molecular weight is 371 g/mol. The molecule has 0 aliphatic carbocycles. The van der Waals surface area contributed by atoms with Crippen molar-refractivity contribution < 1.29 is 18.0 Å². The van der Waals surface area contributed by atoms with Gasteiger partial charge in [-0.25, -0.2) is 0 Å². The van der Waals surface area contributed by atoms with Crippen LogP contribution in [0.3, 0.4) is 0 Å². The number of hydrogen-bond donors (Lipinski definition) is 1. The number of hydrogen-bond acceptors (Lipinski definition) is 4. The molecule has 0 bridgehead atoms. The Kier molecular flexibility index (Phi) is 4.80. The lowest BCUT2D eigenvalue weighted by Gasteiger charge is -2.15. The zero-order valence-electron chi connectivity index (χ0n) is 13.0. The van der Waals surface area contributed by atoms with Crippen molar-refractivity contribution in [2.45, 2.75) is 19.0 Å². The molecule has 3 rings (SSSR count). The highest BCUT2D eigenvalue weighted by molar-refractivity contribution is 6.31. The van der Waals surface area contributed by atoms with Crippen LogP contribution in [-0.2, 0) is 6.18 Å². The fourth-order valence-electron chi connectivity index (χ4n) is 2.58. The summed E-state index contributed by atoms with van der Waals surface area (Å²) in [6.45, 7) is 1.79. The van der Waals surface area contributed by atoms with E-state index in [1.54, 1.807) is 6.07 Å². The number of halogens is 4. The van der Waals surface area contributed by atoms with Crippen LogP contribution in [0.25, 0.3) is 0 Å². The minimum absolute atomic E-state index is 0.0199. The van der Waals surface area contributed by atoms with E-state index in [4.69, 9.17) is 11.6 Å². The van der Waals surface area contributed by atoms with Crippen LogP contribution >= 0.6 is 11.6 Å². The van der Waals surface area contributed by atoms with E-state index in [9.17, 15) is 18.0 Å². The highest BCUT2D eigenvalue weighted by atomic mass is 35.5. The van der Waals surface area contributed by atoms with Gasteiger partial charge < -0.3 is 10.2 Å². The SMILES string of the molecule is O=C(Nc1ccc(Cl)c(C(F)(F)F)c1)c1ccc(N2CCCC2)nn1. The van der Waals surface area contributed by atoms with Gasteiger partial charge in [0.1, 0.15) is 0 Å². The molecule has 1 N–H and O–H groups in total. The molecule has 1 aromatic carbocycles. The van der Waals surface area contributed by atoms with E-state index in [-0.39, 0.29) is 11.4 Å². The molecular weight excluding hydrogens is 357 g/mol. The van der Waals surface area contributed by atoms with Crippen molar-refractivity contribution in [1.29, 1.82) is 0 Å². The Morgan fingerprint density at radius 1 is 1.12 bits per heavy atom. The Balaban J connectivity index is 1.74. The number of anilines is 2. The topological polar surface area (TPSA) is 58.1 Å². The quantitative estimate of drug-likeness (QED) is 0.887. The second-order valence-electron chi connectivity index (χ2n) is 5.62. The fourth-order valence-corrected chi connectivity index (χ4v) is 2.80. The lowest BCUT2D eigenvalue weighted by atomic mass is 10.2. The van der Waals surface area contributed by atoms with E-state index >= 15 is 0 Å². The lowest BCUT2D eigenvalue weighted by Crippen LogP contribution is -2.21. The normalized spacial score (nSPS) is 14.6. The van der Waals surface area contributed by atoms with Gasteiger partial charge in [0.25, 0.3) is 5.91 Å². The van der Waals surface area contributed by atoms with E-state index in [0.717, 1.165) is 38.1 Å². The molecule has 5 nitrogen and oxygen atoms in total. The molecular formula is C16H14ClF3N4O. The molecule has 1 aliphatic heterocycles. The van der Waals surface area contributed by atoms with Crippen molar-refractivity contribution in [3.05, 3.63) is 46.6 Å². The maximum absolute atomic E-state index is 12.9. The number of nitrogens with zero attached hydrogens (tertiary/aromatic N) is 3. The Morgan fingerprint density at radius 3 is 2.44 bits per heavy atom. The number of rotatable bonds is 3. The highest BCUT2D eigenvalue weighted by Crippen LogP contribution is 2.36. The molecule has 132 valence electrons. The van der Waals surface area contributed by atoms with Crippen LogP contribution in [0.2, 0.25) is 5.02 Å². The summed E-state index contributed by atoms with van der Waals surface area (Å²) in [6.07, 6.45) is -2.43. The molecule has 1 fully saturated rings. The Bertz CT molecular complexity index is 774. The van der Waals surface area contributed by atoms with Crippen LogP contribution in [0.4, 0.5) is 24.7 Å². The Labute approximate surface area is 146 Å². The molecule has 9 heteroatoms. The Hall–Kier alpha value is -2.35. The second kappa shape index (κ2) is 6.87. The van der Waals surface area contributed by atoms with E-state index < -0.39 is 22.7 Å². The predicted molar refractivity (Wildman–Crippen MR) is 87.9 cm³/mol. The number of nitrogens with one attached hydrogen (secondary N) is 1. The third-order valence-electron chi connectivity index (χ3n) is 3.84. The van der Waals surface area contributed by atoms with E-state index in [1.807, 2.05) is 0 Å². The summed E-state index contributed by atoms with van der Waals surface area (Å²) in [4.78, 5) is 14.2. The smallest absolute Gasteiger partial charge is 0.355 e. The third kappa shape index (κ3) is 4.01. The lowest BCUT2D eigenvalue weighted by molar-refractivity contribution is -0.137. The summed E-state index contributed by atoms with van der Waals surface area (Å²) in [7, 11) is 0. The van der Waals surface area contributed by atoms with Crippen LogP contribution < -0.4 is 10.2 Å². The summed E-state index contributed by atoms with van der Waals surface area (Å²) >= 11 is 5.55. The van der Waals surface area contributed by atoms with Crippen molar-refractivity contribution in [2.24, 2.45) is 0 Å². The number of benzene rings is 1. The van der Waals surface area contributed by atoms with Gasteiger partial charge in [0.15, 0.2) is 11.5 Å². The van der Waals surface area contributed by atoms with Gasteiger partial charge in [-0.05, 0) is 43.2 Å². The van der Waals surface area contributed by atoms with Crippen molar-refractivity contribution in [3.63, 3.8) is 0 Å². The van der Waals surface area contributed by atoms with Crippen LogP contribution in [0.15, 0.2) is 30.3 Å². The van der Waals surface area contributed by atoms with Crippen LogP contribution in [0.1, 0.15) is 28.9 Å². The first-order chi connectivity index (χ1) is 11.8. The predicted octanol–water partition coefficient (Wildman–Crippen LogP) is 4.00. The molecule has 25 heavy (non-hydrogen) atoms. The molecule has 1 aliphatic rings. The monoisotopic (exact) mass is 370 g/mol. The van der Waals surface area contributed by atoms with Crippen molar-refractivity contribution in [1.82, 2.24) is 10.2 Å². The Morgan fingerprint density at radius 2 is 1.84 bits per heavy atom. The summed E-state index contributed by atoms with van der Waals surface area (Å²) in [5.74, 6) is 0.0378. The van der Waals surface area contributed by atoms with E-state index in [2.05, 4.69) is 20.4 Å². The van der Waals surface area contributed by atoms with Gasteiger partial charge in [-0.3, -0.25) is 4.79 Å². The molecule has 0 atom stereocenters. The van der Waals surface area contributed by atoms with Gasteiger partial charge >= 0.3 is 6.18 Å². The van der Waals surface area contributed by atoms with Gasteiger partial charge in [-0.15, -0.1) is 10.2 Å². The summed E-state index contributed by atoms with van der Waals surface area (Å²) in [6, 6.07) is 6.34. The first-order valence-electron chi connectivity index (χ1n) is 7.61. The number of amides is 1. The molecule has 2 aromatic rings. The maximum Gasteiger partial charge on any atom is 0.417 e. The number of carbonyl (C=O) groups excluding carboxylic acids is 1. The largest absolute Gasteiger partial charge is 0.417 e. The van der Waals surface area contributed by atoms with Crippen molar-refractivity contribution in [3.8, 4) is 0 Å². The van der Waals surface area contributed by atoms with Gasteiger partial charge in [-0.1, -0.05) is 11.6 Å². The maximum atomic E-state index is 12.9. The minimum Gasteiger partial charge on any atom is -0.355 e. The number of aromatic nitrogens is 2. The van der Waals surface area contributed by atoms with Crippen LogP contribution in [0, 0.1) is 0 Å². The van der Waals surface area contributed by atoms with Crippen molar-refractivity contribution >= 4 is 29.0 Å². The summed E-state index contributed by atoms with van der Waals surface area (Å²) in [5, 5.41) is 9.81. The first kappa shape index (κ1) is 17.5. The van der Waals surface area contributed by atoms with Crippen LogP contribution in [-0.4, -0.2) is 29.2 Å². The van der Waals surface area contributed by atoms with Gasteiger partial charge in [0.05, 0.1) is 10.6 Å². The zero-order valence-corrected chi connectivity index (χ0v) is 13.7. The van der Waals surface area contributed by atoms with Gasteiger partial charge in [0.2, 0.25) is 0 Å². The molecule has 2 heterocycles.